The van der Waals surface area contributed by atoms with Crippen LogP contribution < -0.4 is 0 Å². The molecule has 0 atom stereocenters. The zero-order chi connectivity index (χ0) is 21.9. The predicted molar refractivity (Wildman–Crippen MR) is 138 cm³/mol. The first kappa shape index (κ1) is 20.0. The van der Waals surface area contributed by atoms with Gasteiger partial charge in [-0.2, -0.15) is 0 Å². The van der Waals surface area contributed by atoms with Crippen molar-refractivity contribution in [2.24, 2.45) is 0 Å². The second-order valence-corrected chi connectivity index (χ2v) is 8.34. The zero-order valence-corrected chi connectivity index (χ0v) is 18.5. The van der Waals surface area contributed by atoms with E-state index >= 15 is 0 Å². The van der Waals surface area contributed by atoms with Crippen LogP contribution in [0.2, 0.25) is 0 Å². The van der Waals surface area contributed by atoms with E-state index in [0.717, 1.165) is 0 Å². The average molecular weight is 411 g/mol. The van der Waals surface area contributed by atoms with Crippen molar-refractivity contribution in [3.8, 4) is 0 Å². The Bertz CT molecular complexity index is 1220. The van der Waals surface area contributed by atoms with Gasteiger partial charge < -0.3 is 0 Å². The van der Waals surface area contributed by atoms with Crippen molar-refractivity contribution in [1.29, 1.82) is 0 Å². The lowest BCUT2D eigenvalue weighted by Gasteiger charge is -2.15. The van der Waals surface area contributed by atoms with Crippen molar-refractivity contribution in [2.45, 2.75) is 13.8 Å². The van der Waals surface area contributed by atoms with Gasteiger partial charge in [0.15, 0.2) is 0 Å². The van der Waals surface area contributed by atoms with Gasteiger partial charge in [0, 0.05) is 0 Å². The highest BCUT2D eigenvalue weighted by Crippen LogP contribution is 2.55. The van der Waals surface area contributed by atoms with Crippen molar-refractivity contribution < 1.29 is 0 Å². The standard InChI is InChI=1S/C32H26/c1-23(2)28-29(24-15-7-3-8-16-24)31(26-19-11-5-12-20-26)32(27-21-13-6-14-22-27)30(28)25-17-9-4-10-18-25/h3-22H,1-2H3. The highest BCUT2D eigenvalue weighted by molar-refractivity contribution is 6.34. The van der Waals surface area contributed by atoms with E-state index in [2.05, 4.69) is 135 Å². The van der Waals surface area contributed by atoms with E-state index in [1.54, 1.807) is 0 Å². The summed E-state index contributed by atoms with van der Waals surface area (Å²) in [4.78, 5) is 0. The molecule has 0 amide bonds. The molecule has 0 nitrogen and oxygen atoms in total. The van der Waals surface area contributed by atoms with Crippen LogP contribution in [0.15, 0.2) is 132 Å². The van der Waals surface area contributed by atoms with E-state index in [1.165, 1.54) is 55.7 Å². The first-order valence-corrected chi connectivity index (χ1v) is 11.1. The van der Waals surface area contributed by atoms with Crippen LogP contribution in [0.5, 0.6) is 0 Å². The molecular formula is C32H26. The molecule has 0 spiro atoms. The Hall–Kier alpha value is -3.90. The molecule has 0 saturated heterocycles. The molecule has 0 heterocycles. The van der Waals surface area contributed by atoms with Gasteiger partial charge in [-0.1, -0.05) is 127 Å². The number of rotatable bonds is 4. The minimum atomic E-state index is 1.25. The van der Waals surface area contributed by atoms with E-state index in [1.807, 2.05) is 0 Å². The summed E-state index contributed by atoms with van der Waals surface area (Å²) in [5.41, 5.74) is 12.9. The molecule has 1 aliphatic rings. The quantitative estimate of drug-likeness (QED) is 0.316. The Balaban J connectivity index is 1.95. The minimum Gasteiger partial charge on any atom is -0.0679 e. The fraction of sp³-hybridized carbons (Fsp3) is 0.0625. The highest BCUT2D eigenvalue weighted by atomic mass is 14.3. The summed E-state index contributed by atoms with van der Waals surface area (Å²) in [5.74, 6) is 0. The molecular weight excluding hydrogens is 384 g/mol. The summed E-state index contributed by atoms with van der Waals surface area (Å²) in [6.07, 6.45) is 0. The minimum absolute atomic E-state index is 1.25. The number of allylic oxidation sites excluding steroid dienone is 6. The number of benzene rings is 4. The third-order valence-corrected chi connectivity index (χ3v) is 6.00. The Morgan fingerprint density at radius 3 is 0.844 bits per heavy atom. The Morgan fingerprint density at radius 1 is 0.344 bits per heavy atom. The summed E-state index contributed by atoms with van der Waals surface area (Å²) < 4.78 is 0. The largest absolute Gasteiger partial charge is 0.0679 e. The first-order chi connectivity index (χ1) is 15.8. The number of hydrogen-bond acceptors (Lipinski definition) is 0. The molecule has 0 bridgehead atoms. The summed E-state index contributed by atoms with van der Waals surface area (Å²) in [6, 6.07) is 43.3. The Morgan fingerprint density at radius 2 is 0.594 bits per heavy atom. The van der Waals surface area contributed by atoms with Gasteiger partial charge in [0.1, 0.15) is 0 Å². The van der Waals surface area contributed by atoms with Crippen LogP contribution in [-0.4, -0.2) is 0 Å². The zero-order valence-electron chi connectivity index (χ0n) is 18.5. The normalized spacial score (nSPS) is 13.6. The maximum absolute atomic E-state index is 2.23. The molecule has 0 radical (unpaired) electrons. The van der Waals surface area contributed by atoms with Gasteiger partial charge in [-0.3, -0.25) is 0 Å². The Kier molecular flexibility index (Phi) is 5.44. The summed E-state index contributed by atoms with van der Waals surface area (Å²) in [5, 5.41) is 0. The smallest absolute Gasteiger partial charge is 0.00141 e. The van der Waals surface area contributed by atoms with Gasteiger partial charge in [0.2, 0.25) is 0 Å². The molecule has 32 heavy (non-hydrogen) atoms. The topological polar surface area (TPSA) is 0 Å². The lowest BCUT2D eigenvalue weighted by Crippen LogP contribution is -1.94. The van der Waals surface area contributed by atoms with Crippen LogP contribution in [0.1, 0.15) is 36.1 Å². The van der Waals surface area contributed by atoms with Crippen LogP contribution in [-0.2, 0) is 0 Å². The third kappa shape index (κ3) is 3.55. The van der Waals surface area contributed by atoms with Gasteiger partial charge in [0.25, 0.3) is 0 Å². The summed E-state index contributed by atoms with van der Waals surface area (Å²) in [6.45, 7) is 4.47. The van der Waals surface area contributed by atoms with E-state index in [0.29, 0.717) is 0 Å². The monoisotopic (exact) mass is 410 g/mol. The highest BCUT2D eigenvalue weighted by Gasteiger charge is 2.32. The lowest BCUT2D eigenvalue weighted by molar-refractivity contribution is 1.35. The fourth-order valence-electron chi connectivity index (χ4n) is 4.70. The second-order valence-electron chi connectivity index (χ2n) is 8.34. The van der Waals surface area contributed by atoms with Crippen molar-refractivity contribution in [2.75, 3.05) is 0 Å². The van der Waals surface area contributed by atoms with Gasteiger partial charge in [-0.25, -0.2) is 0 Å². The summed E-state index contributed by atoms with van der Waals surface area (Å²) in [7, 11) is 0. The molecule has 4 aromatic rings. The van der Waals surface area contributed by atoms with Crippen LogP contribution in [0.4, 0.5) is 0 Å². The molecule has 5 rings (SSSR count). The molecule has 154 valence electrons. The maximum Gasteiger partial charge on any atom is -0.00141 e. The first-order valence-electron chi connectivity index (χ1n) is 11.1. The van der Waals surface area contributed by atoms with E-state index in [9.17, 15) is 0 Å². The van der Waals surface area contributed by atoms with E-state index < -0.39 is 0 Å². The molecule has 4 aromatic carbocycles. The molecule has 0 heteroatoms. The molecule has 0 N–H and O–H groups in total. The van der Waals surface area contributed by atoms with Crippen molar-refractivity contribution in [1.82, 2.24) is 0 Å². The maximum atomic E-state index is 2.23. The van der Waals surface area contributed by atoms with E-state index in [-0.39, 0.29) is 0 Å². The average Bonchev–Trinajstić information content (AvgIpc) is 3.23. The van der Waals surface area contributed by atoms with Gasteiger partial charge >= 0.3 is 0 Å². The Labute approximate surface area is 190 Å². The van der Waals surface area contributed by atoms with Gasteiger partial charge in [0.05, 0.1) is 0 Å². The van der Waals surface area contributed by atoms with Gasteiger partial charge in [-0.05, 0) is 64.0 Å². The number of hydrogen-bond donors (Lipinski definition) is 0. The SMILES string of the molecule is CC(C)=C1C(c2ccccc2)=C(c2ccccc2)C(c2ccccc2)=C1c1ccccc1. The molecule has 0 aromatic heterocycles. The van der Waals surface area contributed by atoms with Crippen molar-refractivity contribution in [3.05, 3.63) is 155 Å². The molecule has 1 aliphatic carbocycles. The predicted octanol–water partition coefficient (Wildman–Crippen LogP) is 8.56. The third-order valence-electron chi connectivity index (χ3n) is 6.00. The van der Waals surface area contributed by atoms with Crippen molar-refractivity contribution in [3.63, 3.8) is 0 Å². The molecule has 0 aliphatic heterocycles. The van der Waals surface area contributed by atoms with Crippen LogP contribution in [0.25, 0.3) is 22.3 Å². The van der Waals surface area contributed by atoms with Crippen LogP contribution >= 0.6 is 0 Å². The molecule has 0 fully saturated rings. The van der Waals surface area contributed by atoms with Gasteiger partial charge in [-0.15, -0.1) is 0 Å². The van der Waals surface area contributed by atoms with Crippen LogP contribution in [0, 0.1) is 0 Å². The summed E-state index contributed by atoms with van der Waals surface area (Å²) >= 11 is 0. The van der Waals surface area contributed by atoms with Crippen LogP contribution in [0.3, 0.4) is 0 Å². The molecule has 0 saturated carbocycles. The lowest BCUT2D eigenvalue weighted by atomic mass is 9.88. The van der Waals surface area contributed by atoms with E-state index in [4.69, 9.17) is 0 Å². The second kappa shape index (κ2) is 8.69. The van der Waals surface area contributed by atoms with Crippen molar-refractivity contribution >= 4 is 22.3 Å². The molecule has 0 unspecified atom stereocenters. The fourth-order valence-corrected chi connectivity index (χ4v) is 4.70.